The standard InChI is InChI=1S/C36H24N8O12/c37-41-25-5-17-1-18-6-26(42-38)8-20(34(18)54-14-30(47)48)3-22-10-28(44-40)12-24(36(22)56-16-32(51)52)4-23-11-27(43-39)9-21(35(23)55-15-31(49)50)2-19(7-25)33(17)53-13-29(45)46/h5-12H,1-4,13-16H2/p+4. The third-order valence-electron chi connectivity index (χ3n) is 8.26. The maximum atomic E-state index is 11.8. The largest absolute Gasteiger partial charge is 0.481 e. The molecule has 280 valence electrons. The van der Waals surface area contributed by atoms with Crippen molar-refractivity contribution in [2.45, 2.75) is 25.7 Å². The summed E-state index contributed by atoms with van der Waals surface area (Å²) in [5.74, 6) is -5.65. The lowest BCUT2D eigenvalue weighted by molar-refractivity contribution is -0.140. The van der Waals surface area contributed by atoms with Crippen molar-refractivity contribution in [1.29, 1.82) is 21.6 Å². The van der Waals surface area contributed by atoms with E-state index in [1.807, 2.05) is 0 Å². The SMILES string of the molecule is N#[N+]c1cc2c(OCC(=O)O)c(c1)Cc1cc([N+]#N)cc(c1OCC(=O)O)Cc1cc([N+]#N)cc(c1OCC(=O)O)Cc1cc([N+]#N)cc(c1OCC(=O)O)C2. The molecule has 20 heteroatoms. The van der Waals surface area contributed by atoms with Crippen LogP contribution in [0.15, 0.2) is 48.5 Å². The average molecular weight is 765 g/mol. The minimum Gasteiger partial charge on any atom is -0.481 e. The summed E-state index contributed by atoms with van der Waals surface area (Å²) in [6.45, 7) is -3.44. The molecule has 0 saturated heterocycles. The minimum atomic E-state index is -1.36. The van der Waals surface area contributed by atoms with Crippen LogP contribution in [0.4, 0.5) is 22.7 Å². The fourth-order valence-corrected chi connectivity index (χ4v) is 6.32. The van der Waals surface area contributed by atoms with Gasteiger partial charge in [-0.05, 0) is 0 Å². The molecule has 0 fully saturated rings. The summed E-state index contributed by atoms with van der Waals surface area (Å²) in [5, 5.41) is 78.2. The number of hydrogen-bond donors (Lipinski definition) is 4. The van der Waals surface area contributed by atoms with Gasteiger partial charge in [0.2, 0.25) is 21.6 Å². The number of carboxylic acids is 4. The molecule has 0 heterocycles. The zero-order chi connectivity index (χ0) is 40.5. The maximum absolute atomic E-state index is 11.8. The highest BCUT2D eigenvalue weighted by molar-refractivity contribution is 5.72. The average Bonchev–Trinajstić information content (AvgIpc) is 3.15. The zero-order valence-electron chi connectivity index (χ0n) is 28.9. The number of carbonyl (C=O) groups is 4. The lowest BCUT2D eigenvalue weighted by Crippen LogP contribution is -2.15. The van der Waals surface area contributed by atoms with Crippen LogP contribution < -0.4 is 18.9 Å². The van der Waals surface area contributed by atoms with E-state index in [1.165, 1.54) is 48.5 Å². The molecular formula is C36H28N8O12+4. The van der Waals surface area contributed by atoms with Gasteiger partial charge >= 0.3 is 46.6 Å². The molecule has 4 aromatic rings. The molecule has 0 aromatic heterocycles. The predicted molar refractivity (Wildman–Crippen MR) is 188 cm³/mol. The topological polar surface area (TPSA) is 299 Å². The van der Waals surface area contributed by atoms with Crippen molar-refractivity contribution in [1.82, 2.24) is 0 Å². The van der Waals surface area contributed by atoms with E-state index < -0.39 is 50.3 Å². The van der Waals surface area contributed by atoms with Gasteiger partial charge in [0.15, 0.2) is 46.3 Å². The number of aliphatic carboxylic acids is 4. The molecule has 0 aliphatic heterocycles. The summed E-state index contributed by atoms with van der Waals surface area (Å²) in [6, 6.07) is 10.7. The Bertz CT molecular complexity index is 2040. The first-order valence-electron chi connectivity index (χ1n) is 16.2. The van der Waals surface area contributed by atoms with Crippen LogP contribution in [-0.4, -0.2) is 70.7 Å². The second-order valence-corrected chi connectivity index (χ2v) is 12.2. The molecule has 0 saturated carbocycles. The normalized spacial score (nSPS) is 11.4. The summed E-state index contributed by atoms with van der Waals surface area (Å²) < 4.78 is 23.2. The number of rotatable bonds is 12. The fourth-order valence-electron chi connectivity index (χ4n) is 6.32. The van der Waals surface area contributed by atoms with Gasteiger partial charge in [-0.1, -0.05) is 0 Å². The summed E-state index contributed by atoms with van der Waals surface area (Å²) in [7, 11) is 0. The fraction of sp³-hybridized carbons (Fsp3) is 0.222. The number of nitrogens with zero attached hydrogens (tertiary/aromatic N) is 8. The van der Waals surface area contributed by atoms with Gasteiger partial charge in [0.05, 0.1) is 0 Å². The molecule has 0 radical (unpaired) electrons. The van der Waals surface area contributed by atoms with Crippen LogP contribution in [0.1, 0.15) is 44.5 Å². The van der Waals surface area contributed by atoms with E-state index in [0.717, 1.165) is 0 Å². The third kappa shape index (κ3) is 9.16. The minimum absolute atomic E-state index is 0.0511. The van der Waals surface area contributed by atoms with E-state index in [4.69, 9.17) is 18.9 Å². The Kier molecular flexibility index (Phi) is 11.8. The van der Waals surface area contributed by atoms with Crippen molar-refractivity contribution in [3.8, 4) is 23.0 Å². The van der Waals surface area contributed by atoms with Gasteiger partial charge in [0.25, 0.3) is 0 Å². The molecule has 0 spiro atoms. The van der Waals surface area contributed by atoms with Crippen LogP contribution in [0.25, 0.3) is 19.9 Å². The van der Waals surface area contributed by atoms with Gasteiger partial charge in [-0.2, -0.15) is 0 Å². The van der Waals surface area contributed by atoms with Crippen molar-refractivity contribution in [3.05, 3.63) is 113 Å². The van der Waals surface area contributed by atoms with Crippen LogP contribution in [0, 0.1) is 21.6 Å². The summed E-state index contributed by atoms with van der Waals surface area (Å²) in [5.41, 5.74) is 1.08. The Labute approximate surface area is 314 Å². The van der Waals surface area contributed by atoms with E-state index in [0.29, 0.717) is 0 Å². The molecule has 4 N–H and O–H groups in total. The predicted octanol–water partition coefficient (Wildman–Crippen LogP) is 6.16. The molecule has 20 nitrogen and oxygen atoms in total. The molecule has 5 rings (SSSR count). The molecule has 0 amide bonds. The molecule has 56 heavy (non-hydrogen) atoms. The van der Waals surface area contributed by atoms with Crippen LogP contribution in [0.5, 0.6) is 23.0 Å². The van der Waals surface area contributed by atoms with E-state index in [1.54, 1.807) is 0 Å². The smallest absolute Gasteiger partial charge is 0.385 e. The summed E-state index contributed by atoms with van der Waals surface area (Å²) in [6.07, 6.45) is -1.07. The number of carboxylic acid groups (broad SMARTS) is 4. The lowest BCUT2D eigenvalue weighted by atomic mass is 9.90. The Morgan fingerprint density at radius 1 is 0.393 bits per heavy atom. The second kappa shape index (κ2) is 17.0. The lowest BCUT2D eigenvalue weighted by Gasteiger charge is -2.21. The summed E-state index contributed by atoms with van der Waals surface area (Å²) >= 11 is 0. The van der Waals surface area contributed by atoms with Crippen molar-refractivity contribution in [2.75, 3.05) is 26.4 Å². The number of benzene rings is 4. The third-order valence-corrected chi connectivity index (χ3v) is 8.26. The Morgan fingerprint density at radius 3 is 0.679 bits per heavy atom. The Hall–Kier alpha value is -8.36. The molecule has 8 bridgehead atoms. The van der Waals surface area contributed by atoms with E-state index >= 15 is 0 Å². The number of ether oxygens (including phenoxy) is 4. The van der Waals surface area contributed by atoms with Gasteiger partial charge < -0.3 is 39.4 Å². The van der Waals surface area contributed by atoms with Crippen molar-refractivity contribution < 1.29 is 58.6 Å². The van der Waals surface area contributed by atoms with Crippen molar-refractivity contribution in [3.63, 3.8) is 0 Å². The second-order valence-electron chi connectivity index (χ2n) is 12.2. The van der Waals surface area contributed by atoms with Crippen molar-refractivity contribution in [2.24, 2.45) is 0 Å². The van der Waals surface area contributed by atoms with Gasteiger partial charge in [-0.25, -0.2) is 19.2 Å². The molecular weight excluding hydrogens is 736 g/mol. The monoisotopic (exact) mass is 764 g/mol. The molecule has 4 aromatic carbocycles. The molecule has 0 unspecified atom stereocenters. The Balaban J connectivity index is 1.94. The van der Waals surface area contributed by atoms with E-state index in [-0.39, 0.29) is 116 Å². The first-order chi connectivity index (χ1) is 26.8. The maximum Gasteiger partial charge on any atom is 0.385 e. The van der Waals surface area contributed by atoms with Gasteiger partial charge in [0.1, 0.15) is 23.0 Å². The van der Waals surface area contributed by atoms with E-state index in [9.17, 15) is 61.2 Å². The highest BCUT2D eigenvalue weighted by Crippen LogP contribution is 2.43. The van der Waals surface area contributed by atoms with Gasteiger partial charge in [-0.15, -0.1) is 0 Å². The van der Waals surface area contributed by atoms with Gasteiger partial charge in [-0.3, -0.25) is 0 Å². The van der Waals surface area contributed by atoms with E-state index in [2.05, 4.69) is 19.9 Å². The molecule has 1 aliphatic carbocycles. The highest BCUT2D eigenvalue weighted by atomic mass is 16.5. The molecule has 1 aliphatic rings. The number of diazo groups is 4. The zero-order valence-corrected chi connectivity index (χ0v) is 28.9. The number of hydrogen-bond acceptors (Lipinski definition) is 12. The van der Waals surface area contributed by atoms with Crippen LogP contribution in [0.3, 0.4) is 0 Å². The Morgan fingerprint density at radius 2 is 0.554 bits per heavy atom. The van der Waals surface area contributed by atoms with Gasteiger partial charge in [0, 0.05) is 119 Å². The molecule has 0 atom stereocenters. The first-order valence-corrected chi connectivity index (χ1v) is 16.2. The van der Waals surface area contributed by atoms with Crippen LogP contribution in [-0.2, 0) is 44.9 Å². The van der Waals surface area contributed by atoms with Crippen LogP contribution >= 0.6 is 0 Å². The summed E-state index contributed by atoms with van der Waals surface area (Å²) in [4.78, 5) is 60.3. The number of fused-ring (bicyclic) bond motifs is 8. The quantitative estimate of drug-likeness (QED) is 0.103. The van der Waals surface area contributed by atoms with Crippen molar-refractivity contribution >= 4 is 46.6 Å². The highest BCUT2D eigenvalue weighted by Gasteiger charge is 2.30. The van der Waals surface area contributed by atoms with Crippen LogP contribution in [0.2, 0.25) is 0 Å². The first kappa shape index (κ1) is 38.9.